The van der Waals surface area contributed by atoms with E-state index in [1.807, 2.05) is 48.8 Å². The van der Waals surface area contributed by atoms with Gasteiger partial charge < -0.3 is 0 Å². The lowest BCUT2D eigenvalue weighted by Gasteiger charge is -2.29. The summed E-state index contributed by atoms with van der Waals surface area (Å²) in [4.78, 5) is 13.6. The number of H-pyrrole nitrogens is 1. The Labute approximate surface area is 158 Å². The molecule has 0 amide bonds. The van der Waals surface area contributed by atoms with Crippen LogP contribution >= 0.6 is 0 Å². The zero-order valence-electron chi connectivity index (χ0n) is 16.5. The van der Waals surface area contributed by atoms with E-state index in [9.17, 15) is 0 Å². The van der Waals surface area contributed by atoms with E-state index in [4.69, 9.17) is 4.98 Å². The van der Waals surface area contributed by atoms with Crippen molar-refractivity contribution < 1.29 is 0 Å². The summed E-state index contributed by atoms with van der Waals surface area (Å²) >= 11 is 0. The van der Waals surface area contributed by atoms with Gasteiger partial charge in [-0.25, -0.2) is 15.0 Å². The third-order valence-electron chi connectivity index (χ3n) is 4.42. The molecule has 0 radical (unpaired) electrons. The second-order valence-corrected chi connectivity index (χ2v) is 5.80. The predicted octanol–water partition coefficient (Wildman–Crippen LogP) is 3.41. The fourth-order valence-corrected chi connectivity index (χ4v) is 3.00. The maximum atomic E-state index is 4.75. The van der Waals surface area contributed by atoms with Crippen molar-refractivity contribution >= 4 is 28.0 Å². The molecule has 0 aliphatic rings. The summed E-state index contributed by atoms with van der Waals surface area (Å²) in [5, 5.41) is 12.2. The molecule has 0 spiro atoms. The van der Waals surface area contributed by atoms with Gasteiger partial charge in [-0.3, -0.25) is 14.7 Å². The molecule has 0 unspecified atom stereocenters. The Kier molecular flexibility index (Phi) is 5.66. The average Bonchev–Trinajstić information content (AvgIpc) is 3.35. The quantitative estimate of drug-likeness (QED) is 0.545. The molecule has 0 saturated heterocycles. The van der Waals surface area contributed by atoms with E-state index in [2.05, 4.69) is 45.1 Å². The van der Waals surface area contributed by atoms with Crippen molar-refractivity contribution in [2.24, 2.45) is 0 Å². The second-order valence-electron chi connectivity index (χ2n) is 5.80. The highest BCUT2D eigenvalue weighted by atomic mass is 15.6. The van der Waals surface area contributed by atoms with Crippen LogP contribution in [0.2, 0.25) is 0 Å². The van der Waals surface area contributed by atoms with Crippen molar-refractivity contribution in [3.63, 3.8) is 0 Å². The minimum absolute atomic E-state index is 0.655. The van der Waals surface area contributed by atoms with Gasteiger partial charge in [0, 0.05) is 31.2 Å². The van der Waals surface area contributed by atoms with Crippen molar-refractivity contribution in [1.29, 1.82) is 0 Å². The third-order valence-corrected chi connectivity index (χ3v) is 4.42. The van der Waals surface area contributed by atoms with Crippen LogP contribution in [0.4, 0.5) is 5.95 Å². The van der Waals surface area contributed by atoms with Crippen LogP contribution in [0.5, 0.6) is 0 Å². The van der Waals surface area contributed by atoms with Gasteiger partial charge in [0.15, 0.2) is 5.65 Å². The summed E-state index contributed by atoms with van der Waals surface area (Å²) in [7, 11) is 1.98. The topological polar surface area (TPSA) is 78.8 Å². The molecule has 0 saturated carbocycles. The second kappa shape index (κ2) is 8.13. The van der Waals surface area contributed by atoms with Crippen LogP contribution in [0.3, 0.4) is 0 Å². The smallest absolute Gasteiger partial charge is 0.242 e. The Morgan fingerprint density at radius 2 is 1.85 bits per heavy atom. The number of rotatable bonds is 5. The van der Waals surface area contributed by atoms with Crippen LogP contribution < -0.4 is 5.01 Å². The van der Waals surface area contributed by atoms with Crippen LogP contribution in [0, 0.1) is 0 Å². The highest BCUT2D eigenvalue weighted by Crippen LogP contribution is 2.21. The van der Waals surface area contributed by atoms with Gasteiger partial charge in [-0.15, -0.1) is 0 Å². The normalized spacial score (nSPS) is 11.0. The number of hydrazine groups is 1. The minimum atomic E-state index is 0.655. The number of aromatic amines is 1. The van der Waals surface area contributed by atoms with Crippen LogP contribution in [-0.4, -0.2) is 54.9 Å². The first-order valence-electron chi connectivity index (χ1n) is 9.33. The molecule has 0 aliphatic heterocycles. The lowest BCUT2D eigenvalue weighted by Crippen LogP contribution is -2.40. The largest absolute Gasteiger partial charge is 0.283 e. The SMILES string of the molecule is CC.CCN(CC)N(C)c1ncc2ncn(-c3ccc4[nH]ncc4c3)c2n1. The van der Waals surface area contributed by atoms with Gasteiger partial charge in [-0.05, 0) is 18.2 Å². The van der Waals surface area contributed by atoms with Gasteiger partial charge in [0.25, 0.3) is 0 Å². The van der Waals surface area contributed by atoms with Crippen molar-refractivity contribution in [2.75, 3.05) is 25.1 Å². The van der Waals surface area contributed by atoms with E-state index >= 15 is 0 Å². The van der Waals surface area contributed by atoms with E-state index in [1.165, 1.54) is 0 Å². The van der Waals surface area contributed by atoms with Crippen LogP contribution in [0.25, 0.3) is 27.8 Å². The highest BCUT2D eigenvalue weighted by molar-refractivity contribution is 5.81. The molecule has 4 aromatic rings. The molecular weight excluding hydrogens is 340 g/mol. The summed E-state index contributed by atoms with van der Waals surface area (Å²) in [5.41, 5.74) is 3.55. The first-order chi connectivity index (χ1) is 13.2. The molecule has 1 N–H and O–H groups in total. The van der Waals surface area contributed by atoms with Crippen LogP contribution in [0.1, 0.15) is 27.7 Å². The van der Waals surface area contributed by atoms with Crippen molar-refractivity contribution in [3.8, 4) is 5.69 Å². The molecule has 1 aromatic carbocycles. The molecular formula is C19H26N8. The maximum absolute atomic E-state index is 4.75. The first-order valence-corrected chi connectivity index (χ1v) is 9.33. The Morgan fingerprint density at radius 3 is 2.59 bits per heavy atom. The number of hydrogen-bond donors (Lipinski definition) is 1. The summed E-state index contributed by atoms with van der Waals surface area (Å²) in [6, 6.07) is 6.10. The monoisotopic (exact) mass is 366 g/mol. The Hall–Kier alpha value is -3.00. The highest BCUT2D eigenvalue weighted by Gasteiger charge is 2.14. The van der Waals surface area contributed by atoms with E-state index in [0.29, 0.717) is 5.95 Å². The zero-order chi connectivity index (χ0) is 19.4. The molecule has 0 bridgehead atoms. The predicted molar refractivity (Wildman–Crippen MR) is 109 cm³/mol. The average molecular weight is 366 g/mol. The van der Waals surface area contributed by atoms with E-state index in [0.717, 1.165) is 40.8 Å². The van der Waals surface area contributed by atoms with Crippen molar-refractivity contribution in [1.82, 2.24) is 34.7 Å². The van der Waals surface area contributed by atoms with Crippen molar-refractivity contribution in [3.05, 3.63) is 36.9 Å². The Morgan fingerprint density at radius 1 is 1.07 bits per heavy atom. The number of nitrogens with zero attached hydrogens (tertiary/aromatic N) is 7. The van der Waals surface area contributed by atoms with Gasteiger partial charge in [0.2, 0.25) is 5.95 Å². The third kappa shape index (κ3) is 3.48. The number of imidazole rings is 1. The standard InChI is InChI=1S/C17H20N8.C2H6/c1-4-24(5-2)23(3)17-18-10-15-16(21-17)25(11-19-15)13-6-7-14-12(8-13)9-20-22-14;1-2/h6-11H,4-5H2,1-3H3,(H,20,22);1-2H3. The summed E-state index contributed by atoms with van der Waals surface area (Å²) < 4.78 is 1.98. The van der Waals surface area contributed by atoms with Gasteiger partial charge in [0.1, 0.15) is 11.8 Å². The van der Waals surface area contributed by atoms with Gasteiger partial charge in [-0.2, -0.15) is 10.1 Å². The summed E-state index contributed by atoms with van der Waals surface area (Å²) in [6.07, 6.45) is 5.36. The Bertz CT molecular complexity index is 1010. The fraction of sp³-hybridized carbons (Fsp3) is 0.368. The summed E-state index contributed by atoms with van der Waals surface area (Å²) in [6.45, 7) is 10.0. The van der Waals surface area contributed by atoms with Crippen molar-refractivity contribution in [2.45, 2.75) is 27.7 Å². The van der Waals surface area contributed by atoms with E-state index < -0.39 is 0 Å². The molecule has 27 heavy (non-hydrogen) atoms. The first kappa shape index (κ1) is 18.8. The number of fused-ring (bicyclic) bond motifs is 2. The van der Waals surface area contributed by atoms with E-state index in [1.54, 1.807) is 12.5 Å². The number of anilines is 1. The zero-order valence-corrected chi connectivity index (χ0v) is 16.5. The molecule has 3 heterocycles. The number of nitrogens with one attached hydrogen (secondary N) is 1. The maximum Gasteiger partial charge on any atom is 0.242 e. The fourth-order valence-electron chi connectivity index (χ4n) is 3.00. The number of benzene rings is 1. The molecule has 142 valence electrons. The molecule has 0 fully saturated rings. The van der Waals surface area contributed by atoms with Gasteiger partial charge in [-0.1, -0.05) is 27.7 Å². The molecule has 8 nitrogen and oxygen atoms in total. The number of aromatic nitrogens is 6. The Balaban J connectivity index is 0.00000102. The lowest BCUT2D eigenvalue weighted by molar-refractivity contribution is 0.289. The lowest BCUT2D eigenvalue weighted by atomic mass is 10.2. The molecule has 4 rings (SSSR count). The van der Waals surface area contributed by atoms with Crippen LogP contribution in [-0.2, 0) is 0 Å². The van der Waals surface area contributed by atoms with Gasteiger partial charge >= 0.3 is 0 Å². The molecule has 3 aromatic heterocycles. The molecule has 8 heteroatoms. The van der Waals surface area contributed by atoms with E-state index in [-0.39, 0.29) is 0 Å². The van der Waals surface area contributed by atoms with Gasteiger partial charge in [0.05, 0.1) is 17.9 Å². The summed E-state index contributed by atoms with van der Waals surface area (Å²) in [5.74, 6) is 0.655. The number of hydrogen-bond acceptors (Lipinski definition) is 6. The molecule has 0 atom stereocenters. The minimum Gasteiger partial charge on any atom is -0.283 e. The molecule has 0 aliphatic carbocycles. The van der Waals surface area contributed by atoms with Crippen LogP contribution in [0.15, 0.2) is 36.9 Å².